The van der Waals surface area contributed by atoms with Gasteiger partial charge >= 0.3 is 6.18 Å². The van der Waals surface area contributed by atoms with Crippen molar-refractivity contribution >= 4 is 5.91 Å². The Morgan fingerprint density at radius 1 is 1.10 bits per heavy atom. The van der Waals surface area contributed by atoms with Crippen LogP contribution in [0, 0.1) is 11.3 Å². The maximum atomic E-state index is 13.5. The van der Waals surface area contributed by atoms with Crippen molar-refractivity contribution in [2.45, 2.75) is 62.7 Å². The molecule has 1 saturated carbocycles. The zero-order valence-corrected chi connectivity index (χ0v) is 20.7. The molecule has 1 aliphatic carbocycles. The average molecular weight is 545 g/mol. The first-order valence-corrected chi connectivity index (χ1v) is 12.2. The number of carbonyl (C=O) groups excluding carboxylic acids is 1. The monoisotopic (exact) mass is 544 g/mol. The minimum atomic E-state index is -4.56. The number of furan rings is 1. The Balaban J connectivity index is 1.57. The molecule has 4 rings (SSSR count). The number of hydrogen-bond acceptors (Lipinski definition) is 7. The Bertz CT molecular complexity index is 1310. The van der Waals surface area contributed by atoms with Gasteiger partial charge in [0.25, 0.3) is 5.91 Å². The van der Waals surface area contributed by atoms with Gasteiger partial charge < -0.3 is 29.4 Å². The van der Waals surface area contributed by atoms with Crippen molar-refractivity contribution in [1.82, 2.24) is 5.32 Å². The molecule has 3 aromatic rings. The van der Waals surface area contributed by atoms with Crippen LogP contribution in [0.4, 0.5) is 13.2 Å². The van der Waals surface area contributed by atoms with Gasteiger partial charge in [0.1, 0.15) is 11.9 Å². The molecule has 206 valence electrons. The molecular weight excluding hydrogens is 517 g/mol. The second-order valence-corrected chi connectivity index (χ2v) is 9.33. The fraction of sp³-hybridized carbons (Fsp3) is 0.357. The topological polar surface area (TPSA) is 125 Å². The summed E-state index contributed by atoms with van der Waals surface area (Å²) in [4.78, 5) is 13.5. The fourth-order valence-electron chi connectivity index (χ4n) is 4.51. The van der Waals surface area contributed by atoms with Crippen molar-refractivity contribution in [2.75, 3.05) is 0 Å². The Labute approximate surface area is 222 Å². The lowest BCUT2D eigenvalue weighted by Gasteiger charge is -2.43. The number of aliphatic hydroxyl groups is 2. The van der Waals surface area contributed by atoms with E-state index in [0.29, 0.717) is 16.9 Å². The van der Waals surface area contributed by atoms with E-state index in [1.165, 1.54) is 18.4 Å². The molecule has 2 aromatic carbocycles. The van der Waals surface area contributed by atoms with Crippen molar-refractivity contribution in [3.05, 3.63) is 94.9 Å². The van der Waals surface area contributed by atoms with Gasteiger partial charge in [-0.1, -0.05) is 30.3 Å². The number of nitriles is 1. The first kappa shape index (κ1) is 28.3. The molecule has 3 N–H and O–H groups in total. The lowest BCUT2D eigenvalue weighted by atomic mass is 9.78. The molecule has 11 heteroatoms. The highest BCUT2D eigenvalue weighted by Gasteiger charge is 2.51. The molecule has 1 aromatic heterocycles. The molecule has 39 heavy (non-hydrogen) atoms. The third-order valence-corrected chi connectivity index (χ3v) is 6.62. The van der Waals surface area contributed by atoms with E-state index in [2.05, 4.69) is 11.4 Å². The summed E-state index contributed by atoms with van der Waals surface area (Å²) >= 11 is 0. The SMILES string of the molecule is N#Cc1ccccc1COC1C[C@](OCc2cccc(C(F)(F)F)c2)(C(=O)NCc2ccco2)C[C@@H](O)[C@H]1O. The molecular formula is C28H27F3N2O6. The Morgan fingerprint density at radius 3 is 2.62 bits per heavy atom. The maximum Gasteiger partial charge on any atom is 0.416 e. The summed E-state index contributed by atoms with van der Waals surface area (Å²) in [5, 5.41) is 33.4. The van der Waals surface area contributed by atoms with Crippen LogP contribution in [0.3, 0.4) is 0 Å². The van der Waals surface area contributed by atoms with E-state index in [4.69, 9.17) is 13.9 Å². The van der Waals surface area contributed by atoms with Gasteiger partial charge in [0.05, 0.1) is 55.4 Å². The molecule has 1 amide bonds. The van der Waals surface area contributed by atoms with Gasteiger partial charge in [0.2, 0.25) is 0 Å². The highest BCUT2D eigenvalue weighted by Crippen LogP contribution is 2.36. The zero-order chi connectivity index (χ0) is 28.0. The predicted molar refractivity (Wildman–Crippen MR) is 131 cm³/mol. The van der Waals surface area contributed by atoms with Gasteiger partial charge in [-0.25, -0.2) is 0 Å². The largest absolute Gasteiger partial charge is 0.467 e. The molecule has 1 unspecified atom stereocenters. The van der Waals surface area contributed by atoms with Crippen molar-refractivity contribution < 1.29 is 42.1 Å². The van der Waals surface area contributed by atoms with Crippen LogP contribution in [-0.2, 0) is 40.2 Å². The minimum absolute atomic E-state index is 0.000218. The van der Waals surface area contributed by atoms with Crippen LogP contribution in [0.25, 0.3) is 0 Å². The van der Waals surface area contributed by atoms with Gasteiger partial charge in [0.15, 0.2) is 5.60 Å². The first-order valence-electron chi connectivity index (χ1n) is 12.2. The van der Waals surface area contributed by atoms with E-state index >= 15 is 0 Å². The van der Waals surface area contributed by atoms with Crippen molar-refractivity contribution in [1.29, 1.82) is 5.26 Å². The van der Waals surface area contributed by atoms with Crippen LogP contribution in [0.2, 0.25) is 0 Å². The number of hydrogen-bond donors (Lipinski definition) is 3. The van der Waals surface area contributed by atoms with Crippen LogP contribution >= 0.6 is 0 Å². The lowest BCUT2D eigenvalue weighted by Crippen LogP contribution is -2.60. The Morgan fingerprint density at radius 2 is 1.90 bits per heavy atom. The average Bonchev–Trinajstić information content (AvgIpc) is 3.45. The van der Waals surface area contributed by atoms with Gasteiger partial charge in [-0.05, 0) is 41.5 Å². The number of amides is 1. The van der Waals surface area contributed by atoms with E-state index in [0.717, 1.165) is 12.1 Å². The van der Waals surface area contributed by atoms with Crippen LogP contribution in [0.5, 0.6) is 0 Å². The van der Waals surface area contributed by atoms with E-state index < -0.39 is 41.6 Å². The maximum absolute atomic E-state index is 13.5. The van der Waals surface area contributed by atoms with Gasteiger partial charge in [-0.2, -0.15) is 18.4 Å². The van der Waals surface area contributed by atoms with E-state index in [1.807, 2.05) is 0 Å². The van der Waals surface area contributed by atoms with E-state index in [-0.39, 0.29) is 38.2 Å². The number of benzene rings is 2. The number of nitrogens with zero attached hydrogens (tertiary/aromatic N) is 1. The Hall–Kier alpha value is -3.69. The van der Waals surface area contributed by atoms with E-state index in [1.54, 1.807) is 36.4 Å². The van der Waals surface area contributed by atoms with Crippen LogP contribution in [-0.4, -0.2) is 40.0 Å². The third-order valence-electron chi connectivity index (χ3n) is 6.62. The molecule has 0 spiro atoms. The second kappa shape index (κ2) is 12.0. The molecule has 0 bridgehead atoms. The van der Waals surface area contributed by atoms with Crippen LogP contribution in [0.1, 0.15) is 40.9 Å². The van der Waals surface area contributed by atoms with Gasteiger partial charge in [0, 0.05) is 12.8 Å². The van der Waals surface area contributed by atoms with Crippen LogP contribution in [0.15, 0.2) is 71.3 Å². The molecule has 0 saturated heterocycles. The number of aliphatic hydroxyl groups excluding tert-OH is 2. The lowest BCUT2D eigenvalue weighted by molar-refractivity contribution is -0.200. The summed E-state index contributed by atoms with van der Waals surface area (Å²) in [6.07, 6.45) is -7.55. The molecule has 0 radical (unpaired) electrons. The highest BCUT2D eigenvalue weighted by atomic mass is 19.4. The number of ether oxygens (including phenoxy) is 2. The summed E-state index contributed by atoms with van der Waals surface area (Å²) < 4.78 is 56.8. The number of alkyl halides is 3. The fourth-order valence-corrected chi connectivity index (χ4v) is 4.51. The number of rotatable bonds is 9. The molecule has 8 nitrogen and oxygen atoms in total. The summed E-state index contributed by atoms with van der Waals surface area (Å²) in [7, 11) is 0. The van der Waals surface area contributed by atoms with Gasteiger partial charge in [-0.15, -0.1) is 0 Å². The molecule has 4 atom stereocenters. The van der Waals surface area contributed by atoms with Gasteiger partial charge in [-0.3, -0.25) is 4.79 Å². The summed E-state index contributed by atoms with van der Waals surface area (Å²) in [5.74, 6) is -0.198. The number of carbonyl (C=O) groups is 1. The summed E-state index contributed by atoms with van der Waals surface area (Å²) in [6, 6.07) is 16.6. The molecule has 0 aliphatic heterocycles. The smallest absolute Gasteiger partial charge is 0.416 e. The first-order chi connectivity index (χ1) is 18.6. The second-order valence-electron chi connectivity index (χ2n) is 9.33. The molecule has 1 aliphatic rings. The predicted octanol–water partition coefficient (Wildman–Crippen LogP) is 3.84. The third kappa shape index (κ3) is 6.85. The standard InChI is InChI=1S/C28H27F3N2O6/c29-28(30,31)21-8-3-5-18(11-21)16-39-27(26(36)33-15-22-9-4-10-37-22)12-23(34)25(35)24(13-27)38-17-20-7-2-1-6-19(20)14-32/h1-11,23-25,34-35H,12-13,15-17H2,(H,33,36)/t23-,24?,25-,27+/m1/s1. The minimum Gasteiger partial charge on any atom is -0.467 e. The van der Waals surface area contributed by atoms with Crippen molar-refractivity contribution in [3.63, 3.8) is 0 Å². The summed E-state index contributed by atoms with van der Waals surface area (Å²) in [6.45, 7) is -0.457. The van der Waals surface area contributed by atoms with Crippen molar-refractivity contribution in [2.24, 2.45) is 0 Å². The van der Waals surface area contributed by atoms with E-state index in [9.17, 15) is 33.4 Å². The van der Waals surface area contributed by atoms with Crippen molar-refractivity contribution in [3.8, 4) is 6.07 Å². The zero-order valence-electron chi connectivity index (χ0n) is 20.7. The quantitative estimate of drug-likeness (QED) is 0.374. The molecule has 1 fully saturated rings. The normalized spacial score (nSPS) is 23.2. The highest BCUT2D eigenvalue weighted by molar-refractivity contribution is 5.85. The Kier molecular flexibility index (Phi) is 8.72. The van der Waals surface area contributed by atoms with Crippen LogP contribution < -0.4 is 5.32 Å². The summed E-state index contributed by atoms with van der Waals surface area (Å²) in [5.41, 5.74) is -1.53. The molecule has 1 heterocycles. The number of halogens is 3. The number of nitrogens with one attached hydrogen (secondary N) is 1.